The van der Waals surface area contributed by atoms with Gasteiger partial charge < -0.3 is 10.1 Å². The van der Waals surface area contributed by atoms with Crippen molar-refractivity contribution in [3.63, 3.8) is 0 Å². The minimum atomic E-state index is -0.274. The number of hydroxylamine groups is 1. The molecule has 1 fully saturated rings. The molecular formula is C6H12N2O3. The fourth-order valence-corrected chi connectivity index (χ4v) is 0.906. The van der Waals surface area contributed by atoms with Gasteiger partial charge in [-0.2, -0.15) is 0 Å². The van der Waals surface area contributed by atoms with Crippen molar-refractivity contribution in [2.75, 3.05) is 26.9 Å². The molecule has 1 amide bonds. The van der Waals surface area contributed by atoms with Gasteiger partial charge in [-0.3, -0.25) is 9.63 Å². The average Bonchev–Trinajstić information content (AvgIpc) is 2.07. The Morgan fingerprint density at radius 3 is 3.18 bits per heavy atom. The van der Waals surface area contributed by atoms with E-state index in [1.807, 2.05) is 0 Å². The van der Waals surface area contributed by atoms with E-state index < -0.39 is 0 Å². The van der Waals surface area contributed by atoms with Crippen LogP contribution in [0.3, 0.4) is 0 Å². The molecule has 0 aromatic carbocycles. The lowest BCUT2D eigenvalue weighted by atomic mass is 10.3. The maximum absolute atomic E-state index is 11.0. The van der Waals surface area contributed by atoms with E-state index in [1.165, 1.54) is 7.11 Å². The van der Waals surface area contributed by atoms with Gasteiger partial charge in [0.2, 0.25) is 0 Å². The zero-order valence-corrected chi connectivity index (χ0v) is 6.42. The number of carbonyl (C=O) groups excluding carboxylic acids is 1. The zero-order chi connectivity index (χ0) is 8.10. The molecule has 0 aromatic heterocycles. The molecule has 5 nitrogen and oxygen atoms in total. The second kappa shape index (κ2) is 4.27. The summed E-state index contributed by atoms with van der Waals surface area (Å²) in [7, 11) is 1.40. The Labute approximate surface area is 65.0 Å². The molecule has 1 aliphatic heterocycles. The molecule has 5 heteroatoms. The Morgan fingerprint density at radius 2 is 2.64 bits per heavy atom. The summed E-state index contributed by atoms with van der Waals surface area (Å²) < 4.78 is 5.07. The molecular weight excluding hydrogens is 148 g/mol. The first-order valence-corrected chi connectivity index (χ1v) is 3.48. The normalized spacial score (nSPS) is 24.6. The van der Waals surface area contributed by atoms with Gasteiger partial charge in [0.25, 0.3) is 5.91 Å². The Kier molecular flexibility index (Phi) is 3.28. The minimum Gasteiger partial charge on any atom is -0.378 e. The third kappa shape index (κ3) is 2.45. The zero-order valence-electron chi connectivity index (χ0n) is 6.42. The van der Waals surface area contributed by atoms with Crippen molar-refractivity contribution in [3.8, 4) is 0 Å². The molecule has 0 spiro atoms. The number of carbonyl (C=O) groups is 1. The van der Waals surface area contributed by atoms with E-state index in [9.17, 15) is 4.79 Å². The van der Waals surface area contributed by atoms with Gasteiger partial charge in [0.05, 0.1) is 20.3 Å². The van der Waals surface area contributed by atoms with Crippen LogP contribution in [0.2, 0.25) is 0 Å². The first-order valence-electron chi connectivity index (χ1n) is 3.48. The summed E-state index contributed by atoms with van der Waals surface area (Å²) in [6.07, 6.45) is 0. The predicted octanol–water partition coefficient (Wildman–Crippen LogP) is -1.35. The van der Waals surface area contributed by atoms with Crippen molar-refractivity contribution in [1.29, 1.82) is 0 Å². The molecule has 1 atom stereocenters. The maximum atomic E-state index is 11.0. The van der Waals surface area contributed by atoms with Crippen LogP contribution in [0.1, 0.15) is 0 Å². The van der Waals surface area contributed by atoms with Gasteiger partial charge in [0.15, 0.2) is 0 Å². The van der Waals surface area contributed by atoms with Gasteiger partial charge in [-0.1, -0.05) is 0 Å². The van der Waals surface area contributed by atoms with E-state index in [-0.39, 0.29) is 11.9 Å². The van der Waals surface area contributed by atoms with Crippen LogP contribution in [0.4, 0.5) is 0 Å². The van der Waals surface area contributed by atoms with Crippen LogP contribution in [0.5, 0.6) is 0 Å². The third-order valence-corrected chi connectivity index (χ3v) is 1.44. The number of nitrogens with one attached hydrogen (secondary N) is 2. The molecule has 0 aromatic rings. The Bertz CT molecular complexity index is 134. The number of amides is 1. The molecule has 11 heavy (non-hydrogen) atoms. The lowest BCUT2D eigenvalue weighted by molar-refractivity contribution is -0.136. The summed E-state index contributed by atoms with van der Waals surface area (Å²) in [5, 5.41) is 2.99. The third-order valence-electron chi connectivity index (χ3n) is 1.44. The summed E-state index contributed by atoms with van der Waals surface area (Å²) in [5.41, 5.74) is 2.23. The van der Waals surface area contributed by atoms with Crippen molar-refractivity contribution < 1.29 is 14.4 Å². The lowest BCUT2D eigenvalue weighted by Gasteiger charge is -2.21. The first-order chi connectivity index (χ1) is 5.34. The highest BCUT2D eigenvalue weighted by Gasteiger charge is 2.20. The predicted molar refractivity (Wildman–Crippen MR) is 37.8 cm³/mol. The molecule has 0 aliphatic carbocycles. The standard InChI is InChI=1S/C6H12N2O3/c1-10-8-6(9)5-4-11-3-2-7-5/h5,7H,2-4H2,1H3,(H,8,9). The molecule has 1 rings (SSSR count). The van der Waals surface area contributed by atoms with Gasteiger partial charge >= 0.3 is 0 Å². The summed E-state index contributed by atoms with van der Waals surface area (Å²) in [6.45, 7) is 1.79. The Hall–Kier alpha value is -0.650. The Morgan fingerprint density at radius 1 is 1.82 bits per heavy atom. The maximum Gasteiger partial charge on any atom is 0.263 e. The van der Waals surface area contributed by atoms with Crippen LogP contribution in [-0.4, -0.2) is 38.8 Å². The topological polar surface area (TPSA) is 59.6 Å². The van der Waals surface area contributed by atoms with E-state index >= 15 is 0 Å². The van der Waals surface area contributed by atoms with Crippen LogP contribution in [0.25, 0.3) is 0 Å². The van der Waals surface area contributed by atoms with E-state index in [2.05, 4.69) is 15.6 Å². The molecule has 1 heterocycles. The van der Waals surface area contributed by atoms with E-state index in [4.69, 9.17) is 4.74 Å². The highest BCUT2D eigenvalue weighted by Crippen LogP contribution is 1.92. The monoisotopic (exact) mass is 160 g/mol. The van der Waals surface area contributed by atoms with Gasteiger partial charge in [-0.05, 0) is 0 Å². The average molecular weight is 160 g/mol. The van der Waals surface area contributed by atoms with Crippen LogP contribution < -0.4 is 10.8 Å². The van der Waals surface area contributed by atoms with Crippen molar-refractivity contribution in [3.05, 3.63) is 0 Å². The van der Waals surface area contributed by atoms with E-state index in [0.29, 0.717) is 19.8 Å². The van der Waals surface area contributed by atoms with Crippen molar-refractivity contribution in [2.24, 2.45) is 0 Å². The largest absolute Gasteiger partial charge is 0.378 e. The summed E-state index contributed by atoms with van der Waals surface area (Å²) in [4.78, 5) is 15.5. The van der Waals surface area contributed by atoms with Crippen LogP contribution >= 0.6 is 0 Å². The molecule has 1 saturated heterocycles. The molecule has 0 radical (unpaired) electrons. The van der Waals surface area contributed by atoms with Gasteiger partial charge in [0.1, 0.15) is 6.04 Å². The molecule has 0 saturated carbocycles. The fourth-order valence-electron chi connectivity index (χ4n) is 0.906. The smallest absolute Gasteiger partial charge is 0.263 e. The highest BCUT2D eigenvalue weighted by atomic mass is 16.6. The number of ether oxygens (including phenoxy) is 1. The van der Waals surface area contributed by atoms with Crippen molar-refractivity contribution in [2.45, 2.75) is 6.04 Å². The number of hydrogen-bond acceptors (Lipinski definition) is 4. The van der Waals surface area contributed by atoms with Gasteiger partial charge in [-0.25, -0.2) is 5.48 Å². The second-order valence-electron chi connectivity index (χ2n) is 2.25. The summed E-state index contributed by atoms with van der Waals surface area (Å²) in [6, 6.07) is -0.274. The fraction of sp³-hybridized carbons (Fsp3) is 0.833. The van der Waals surface area contributed by atoms with Crippen molar-refractivity contribution in [1.82, 2.24) is 10.8 Å². The highest BCUT2D eigenvalue weighted by molar-refractivity contribution is 5.80. The van der Waals surface area contributed by atoms with Crippen LogP contribution in [0, 0.1) is 0 Å². The summed E-state index contributed by atoms with van der Waals surface area (Å²) >= 11 is 0. The number of morpholine rings is 1. The lowest BCUT2D eigenvalue weighted by Crippen LogP contribution is -2.50. The second-order valence-corrected chi connectivity index (χ2v) is 2.25. The van der Waals surface area contributed by atoms with Crippen LogP contribution in [0.15, 0.2) is 0 Å². The SMILES string of the molecule is CONC(=O)C1COCCN1. The molecule has 2 N–H and O–H groups in total. The van der Waals surface area contributed by atoms with Crippen molar-refractivity contribution >= 4 is 5.91 Å². The van der Waals surface area contributed by atoms with E-state index in [0.717, 1.165) is 0 Å². The molecule has 1 unspecified atom stereocenters. The molecule has 64 valence electrons. The minimum absolute atomic E-state index is 0.188. The van der Waals surface area contributed by atoms with Gasteiger partial charge in [0, 0.05) is 6.54 Å². The van der Waals surface area contributed by atoms with Crippen LogP contribution in [-0.2, 0) is 14.4 Å². The Balaban J connectivity index is 2.27. The quantitative estimate of drug-likeness (QED) is 0.490. The number of hydrogen-bond donors (Lipinski definition) is 2. The van der Waals surface area contributed by atoms with E-state index in [1.54, 1.807) is 0 Å². The molecule has 1 aliphatic rings. The molecule has 0 bridgehead atoms. The van der Waals surface area contributed by atoms with Gasteiger partial charge in [-0.15, -0.1) is 0 Å². The number of rotatable bonds is 2. The summed E-state index contributed by atoms with van der Waals surface area (Å²) in [5.74, 6) is -0.188. The first kappa shape index (κ1) is 8.45.